The summed E-state index contributed by atoms with van der Waals surface area (Å²) in [5.74, 6) is -1.98. The van der Waals surface area contributed by atoms with Gasteiger partial charge in [-0.1, -0.05) is 6.92 Å². The maximum atomic E-state index is 13.1. The number of piperidine rings is 1. The van der Waals surface area contributed by atoms with Crippen LogP contribution in [0.3, 0.4) is 0 Å². The Morgan fingerprint density at radius 2 is 2.00 bits per heavy atom. The van der Waals surface area contributed by atoms with E-state index in [1.807, 2.05) is 13.0 Å². The van der Waals surface area contributed by atoms with Crippen molar-refractivity contribution in [3.63, 3.8) is 0 Å². The number of ether oxygens (including phenoxy) is 1. The Morgan fingerprint density at radius 1 is 1.19 bits per heavy atom. The lowest BCUT2D eigenvalue weighted by molar-refractivity contribution is -0.146. The summed E-state index contributed by atoms with van der Waals surface area (Å²) in [6.45, 7) is 2.48. The van der Waals surface area contributed by atoms with Crippen LogP contribution in [0.1, 0.15) is 41.7 Å². The third kappa shape index (κ3) is 4.09. The highest BCUT2D eigenvalue weighted by Crippen LogP contribution is 2.34. The number of anilines is 1. The number of amides is 3. The lowest BCUT2D eigenvalue weighted by atomic mass is 9.90. The number of nitrogens with one attached hydrogen (secondary N) is 2. The number of hydrogen-bond donors (Lipinski definition) is 3. The molecule has 0 bridgehead atoms. The maximum absolute atomic E-state index is 13.1. The highest BCUT2D eigenvalue weighted by Gasteiger charge is 2.34. The second-order valence-corrected chi connectivity index (χ2v) is 7.83. The molecule has 0 aromatic carbocycles. The van der Waals surface area contributed by atoms with Gasteiger partial charge in [-0.3, -0.25) is 19.5 Å². The SMILES string of the molecule is COc1ncc(NC(=O)C(=O)N2C[C@@H](C)CCC2c2cnc3[nH]ncc3c2)cc1C(N)=O. The van der Waals surface area contributed by atoms with Crippen LogP contribution in [0.15, 0.2) is 30.7 Å². The quantitative estimate of drug-likeness (QED) is 0.521. The molecule has 4 heterocycles. The molecule has 11 heteroatoms. The fourth-order valence-electron chi connectivity index (χ4n) is 3.93. The lowest BCUT2D eigenvalue weighted by Gasteiger charge is -2.38. The number of nitrogens with two attached hydrogens (primary N) is 1. The molecule has 3 aromatic rings. The first-order chi connectivity index (χ1) is 15.4. The van der Waals surface area contributed by atoms with Crippen molar-refractivity contribution in [2.24, 2.45) is 11.7 Å². The van der Waals surface area contributed by atoms with Crippen LogP contribution in [0.25, 0.3) is 11.0 Å². The van der Waals surface area contributed by atoms with E-state index in [1.165, 1.54) is 19.4 Å². The number of methoxy groups -OCH3 is 1. The van der Waals surface area contributed by atoms with E-state index >= 15 is 0 Å². The summed E-state index contributed by atoms with van der Waals surface area (Å²) in [6.07, 6.45) is 6.30. The van der Waals surface area contributed by atoms with Crippen molar-refractivity contribution < 1.29 is 19.1 Å². The number of aromatic amines is 1. The Balaban J connectivity index is 1.57. The second kappa shape index (κ2) is 8.61. The molecule has 4 N–H and O–H groups in total. The van der Waals surface area contributed by atoms with Crippen molar-refractivity contribution in [3.05, 3.63) is 41.9 Å². The number of nitrogens with zero attached hydrogens (tertiary/aromatic N) is 4. The number of carbonyl (C=O) groups is 3. The minimum Gasteiger partial charge on any atom is -0.480 e. The molecule has 4 rings (SSSR count). The van der Waals surface area contributed by atoms with E-state index in [2.05, 4.69) is 25.5 Å². The number of primary amides is 1. The summed E-state index contributed by atoms with van der Waals surface area (Å²) in [4.78, 5) is 47.4. The molecule has 1 fully saturated rings. The Morgan fingerprint density at radius 3 is 2.75 bits per heavy atom. The molecular formula is C21H23N7O4. The second-order valence-electron chi connectivity index (χ2n) is 7.83. The number of carbonyl (C=O) groups excluding carboxylic acids is 3. The van der Waals surface area contributed by atoms with Gasteiger partial charge in [-0.05, 0) is 36.5 Å². The van der Waals surface area contributed by atoms with Crippen LogP contribution in [-0.4, -0.2) is 56.4 Å². The van der Waals surface area contributed by atoms with Crippen LogP contribution in [0.5, 0.6) is 5.88 Å². The van der Waals surface area contributed by atoms with E-state index in [-0.39, 0.29) is 29.1 Å². The van der Waals surface area contributed by atoms with E-state index < -0.39 is 17.7 Å². The van der Waals surface area contributed by atoms with Crippen LogP contribution < -0.4 is 15.8 Å². The van der Waals surface area contributed by atoms with Gasteiger partial charge in [-0.25, -0.2) is 9.97 Å². The summed E-state index contributed by atoms with van der Waals surface area (Å²) < 4.78 is 5.00. The van der Waals surface area contributed by atoms with Crippen molar-refractivity contribution in [3.8, 4) is 5.88 Å². The number of H-pyrrole nitrogens is 1. The number of likely N-dealkylation sites (tertiary alicyclic amines) is 1. The van der Waals surface area contributed by atoms with Crippen molar-refractivity contribution >= 4 is 34.4 Å². The topological polar surface area (TPSA) is 156 Å². The Kier molecular flexibility index (Phi) is 5.71. The predicted octanol–water partition coefficient (Wildman–Crippen LogP) is 1.40. The highest BCUT2D eigenvalue weighted by molar-refractivity contribution is 6.39. The van der Waals surface area contributed by atoms with Crippen molar-refractivity contribution in [1.82, 2.24) is 25.1 Å². The summed E-state index contributed by atoms with van der Waals surface area (Å²) in [5.41, 5.74) is 7.01. The molecule has 32 heavy (non-hydrogen) atoms. The molecule has 3 amide bonds. The van der Waals surface area contributed by atoms with Gasteiger partial charge in [-0.2, -0.15) is 5.10 Å². The van der Waals surface area contributed by atoms with Gasteiger partial charge >= 0.3 is 11.8 Å². The standard InChI is InChI=1S/C21H23N7O4/c1-11-3-4-16(12-5-13-8-25-27-18(13)23-7-12)28(10-11)21(31)19(30)26-14-6-15(17(22)29)20(32-2)24-9-14/h5-9,11,16H,3-4,10H2,1-2H3,(H2,22,29)(H,26,30)(H,23,25,27)/t11-,16?/m0/s1. The van der Waals surface area contributed by atoms with Gasteiger partial charge in [-0.15, -0.1) is 0 Å². The van der Waals surface area contributed by atoms with Crippen molar-refractivity contribution in [2.45, 2.75) is 25.8 Å². The zero-order valence-electron chi connectivity index (χ0n) is 17.7. The molecule has 11 nitrogen and oxygen atoms in total. The van der Waals surface area contributed by atoms with Gasteiger partial charge in [0.1, 0.15) is 5.56 Å². The first-order valence-electron chi connectivity index (χ1n) is 10.1. The van der Waals surface area contributed by atoms with Crippen LogP contribution >= 0.6 is 0 Å². The van der Waals surface area contributed by atoms with Gasteiger partial charge in [0, 0.05) is 18.1 Å². The normalized spacial score (nSPS) is 18.4. The molecule has 3 aromatic heterocycles. The third-order valence-electron chi connectivity index (χ3n) is 5.54. The van der Waals surface area contributed by atoms with E-state index in [4.69, 9.17) is 10.5 Å². The molecule has 2 atom stereocenters. The monoisotopic (exact) mass is 437 g/mol. The van der Waals surface area contributed by atoms with Crippen LogP contribution in [0.2, 0.25) is 0 Å². The Hall–Kier alpha value is -4.02. The molecule has 0 spiro atoms. The van der Waals surface area contributed by atoms with Gasteiger partial charge < -0.3 is 20.7 Å². The molecular weight excluding hydrogens is 414 g/mol. The van der Waals surface area contributed by atoms with Crippen LogP contribution in [-0.2, 0) is 9.59 Å². The first-order valence-corrected chi connectivity index (χ1v) is 10.1. The molecule has 0 radical (unpaired) electrons. The fourth-order valence-corrected chi connectivity index (χ4v) is 3.93. The molecule has 0 saturated carbocycles. The number of pyridine rings is 2. The summed E-state index contributed by atoms with van der Waals surface area (Å²) in [5, 5.41) is 10.1. The molecule has 1 unspecified atom stereocenters. The number of fused-ring (bicyclic) bond motifs is 1. The maximum Gasteiger partial charge on any atom is 0.313 e. The molecule has 1 saturated heterocycles. The zero-order chi connectivity index (χ0) is 22.8. The molecule has 1 aliphatic heterocycles. The van der Waals surface area contributed by atoms with Gasteiger partial charge in [0.2, 0.25) is 5.88 Å². The largest absolute Gasteiger partial charge is 0.480 e. The van der Waals surface area contributed by atoms with E-state index in [1.54, 1.807) is 17.3 Å². The molecule has 1 aliphatic rings. The van der Waals surface area contributed by atoms with Gasteiger partial charge in [0.25, 0.3) is 5.91 Å². The lowest BCUT2D eigenvalue weighted by Crippen LogP contribution is -2.46. The number of aromatic nitrogens is 4. The Bertz CT molecular complexity index is 1190. The third-order valence-corrected chi connectivity index (χ3v) is 5.54. The Labute approximate surface area is 183 Å². The summed E-state index contributed by atoms with van der Waals surface area (Å²) >= 11 is 0. The first kappa shape index (κ1) is 21.2. The molecule has 166 valence electrons. The fraction of sp³-hybridized carbons (Fsp3) is 0.333. The van der Waals surface area contributed by atoms with E-state index in [0.29, 0.717) is 18.6 Å². The predicted molar refractivity (Wildman–Crippen MR) is 115 cm³/mol. The molecule has 0 aliphatic carbocycles. The van der Waals surface area contributed by atoms with Crippen molar-refractivity contribution in [1.29, 1.82) is 0 Å². The van der Waals surface area contributed by atoms with Gasteiger partial charge in [0.05, 0.1) is 31.2 Å². The average molecular weight is 437 g/mol. The van der Waals surface area contributed by atoms with Crippen LogP contribution in [0, 0.1) is 5.92 Å². The number of hydrogen-bond acceptors (Lipinski definition) is 7. The minimum atomic E-state index is -0.830. The van der Waals surface area contributed by atoms with Crippen molar-refractivity contribution in [2.75, 3.05) is 19.0 Å². The summed E-state index contributed by atoms with van der Waals surface area (Å²) in [7, 11) is 1.35. The van der Waals surface area contributed by atoms with E-state index in [9.17, 15) is 14.4 Å². The van der Waals surface area contributed by atoms with E-state index in [0.717, 1.165) is 17.4 Å². The van der Waals surface area contributed by atoms with Gasteiger partial charge in [0.15, 0.2) is 5.65 Å². The minimum absolute atomic E-state index is 0.00158. The number of rotatable bonds is 4. The average Bonchev–Trinajstić information content (AvgIpc) is 3.26. The zero-order valence-corrected chi connectivity index (χ0v) is 17.7. The highest BCUT2D eigenvalue weighted by atomic mass is 16.5. The van der Waals surface area contributed by atoms with Crippen LogP contribution in [0.4, 0.5) is 5.69 Å². The summed E-state index contributed by atoms with van der Waals surface area (Å²) in [6, 6.07) is 2.97. The smallest absolute Gasteiger partial charge is 0.313 e.